The summed E-state index contributed by atoms with van der Waals surface area (Å²) >= 11 is 0. The molecule has 0 amide bonds. The van der Waals surface area contributed by atoms with E-state index in [1.807, 2.05) is 0 Å². The second-order valence-corrected chi connectivity index (χ2v) is 4.63. The van der Waals surface area contributed by atoms with Gasteiger partial charge in [-0.25, -0.2) is 0 Å². The zero-order valence-electron chi connectivity index (χ0n) is 10.7. The lowest BCUT2D eigenvalue weighted by atomic mass is 9.99. The molecule has 108 valence electrons. The molecular formula is C12H24O6. The van der Waals surface area contributed by atoms with Gasteiger partial charge in [0, 0.05) is 6.61 Å². The molecule has 0 bridgehead atoms. The predicted octanol–water partition coefficient (Wildman–Crippen LogP) is -0.617. The van der Waals surface area contributed by atoms with Gasteiger partial charge in [0.2, 0.25) is 0 Å². The van der Waals surface area contributed by atoms with E-state index in [-0.39, 0.29) is 0 Å². The minimum Gasteiger partial charge on any atom is -0.394 e. The Morgan fingerprint density at radius 3 is 2.33 bits per heavy atom. The number of aliphatic hydroxyl groups excluding tert-OH is 4. The summed E-state index contributed by atoms with van der Waals surface area (Å²) in [5.74, 6) is 0. The monoisotopic (exact) mass is 264 g/mol. The Hall–Kier alpha value is -0.240. The van der Waals surface area contributed by atoms with Crippen molar-refractivity contribution >= 4 is 0 Å². The fraction of sp³-hybridized carbons (Fsp3) is 1.00. The van der Waals surface area contributed by atoms with Crippen molar-refractivity contribution in [1.29, 1.82) is 0 Å². The molecule has 0 aromatic heterocycles. The van der Waals surface area contributed by atoms with Crippen LogP contribution in [0.3, 0.4) is 0 Å². The van der Waals surface area contributed by atoms with Gasteiger partial charge in [0.15, 0.2) is 6.29 Å². The molecule has 0 spiro atoms. The number of hydrogen-bond donors (Lipinski definition) is 4. The number of aliphatic hydroxyl groups is 4. The number of hydrogen-bond acceptors (Lipinski definition) is 6. The standard InChI is InChI=1S/C12H24O6/c1-2-3-4-5-6-17-12-11(16)10(15)9(14)8(7-13)18-12/h8-16H,2-7H2,1H3/t8-,9-,10+,11-,12-/m1/s1. The Morgan fingerprint density at radius 1 is 1.00 bits per heavy atom. The van der Waals surface area contributed by atoms with E-state index in [2.05, 4.69) is 6.92 Å². The van der Waals surface area contributed by atoms with Gasteiger partial charge < -0.3 is 29.9 Å². The van der Waals surface area contributed by atoms with E-state index in [1.165, 1.54) is 0 Å². The van der Waals surface area contributed by atoms with Crippen LogP contribution < -0.4 is 0 Å². The van der Waals surface area contributed by atoms with E-state index >= 15 is 0 Å². The third kappa shape index (κ3) is 4.15. The predicted molar refractivity (Wildman–Crippen MR) is 63.9 cm³/mol. The largest absolute Gasteiger partial charge is 0.394 e. The van der Waals surface area contributed by atoms with Gasteiger partial charge in [-0.3, -0.25) is 0 Å². The summed E-state index contributed by atoms with van der Waals surface area (Å²) in [7, 11) is 0. The number of ether oxygens (including phenoxy) is 2. The maximum atomic E-state index is 9.68. The van der Waals surface area contributed by atoms with Gasteiger partial charge in [-0.15, -0.1) is 0 Å². The van der Waals surface area contributed by atoms with Gasteiger partial charge >= 0.3 is 0 Å². The molecule has 4 N–H and O–H groups in total. The van der Waals surface area contributed by atoms with Crippen molar-refractivity contribution in [2.45, 2.75) is 63.3 Å². The first-order chi connectivity index (χ1) is 8.61. The lowest BCUT2D eigenvalue weighted by molar-refractivity contribution is -0.301. The van der Waals surface area contributed by atoms with E-state index in [9.17, 15) is 15.3 Å². The summed E-state index contributed by atoms with van der Waals surface area (Å²) in [6.45, 7) is 2.10. The zero-order chi connectivity index (χ0) is 13.5. The van der Waals surface area contributed by atoms with Gasteiger partial charge in [0.25, 0.3) is 0 Å². The Bertz CT molecular complexity index is 223. The zero-order valence-corrected chi connectivity index (χ0v) is 10.7. The third-order valence-corrected chi connectivity index (χ3v) is 3.13. The first kappa shape index (κ1) is 15.8. The van der Waals surface area contributed by atoms with Gasteiger partial charge in [-0.1, -0.05) is 26.2 Å². The molecule has 0 radical (unpaired) electrons. The molecule has 18 heavy (non-hydrogen) atoms. The highest BCUT2D eigenvalue weighted by molar-refractivity contribution is 4.88. The van der Waals surface area contributed by atoms with Crippen molar-refractivity contribution in [2.75, 3.05) is 13.2 Å². The Balaban J connectivity index is 2.35. The molecule has 1 heterocycles. The first-order valence-corrected chi connectivity index (χ1v) is 6.54. The highest BCUT2D eigenvalue weighted by Gasteiger charge is 2.43. The molecule has 0 saturated carbocycles. The fourth-order valence-electron chi connectivity index (χ4n) is 1.93. The molecule has 0 unspecified atom stereocenters. The summed E-state index contributed by atoms with van der Waals surface area (Å²) in [6, 6.07) is 0. The van der Waals surface area contributed by atoms with E-state index < -0.39 is 37.3 Å². The fourth-order valence-corrected chi connectivity index (χ4v) is 1.93. The van der Waals surface area contributed by atoms with E-state index in [0.717, 1.165) is 25.7 Å². The molecule has 5 atom stereocenters. The Morgan fingerprint density at radius 2 is 1.72 bits per heavy atom. The SMILES string of the molecule is CCCCCCO[C@@H]1O[C@H](CO)[C@@H](O)[C@H](O)[C@H]1O. The maximum Gasteiger partial charge on any atom is 0.186 e. The van der Waals surface area contributed by atoms with E-state index in [4.69, 9.17) is 14.6 Å². The van der Waals surface area contributed by atoms with E-state index in [1.54, 1.807) is 0 Å². The quantitative estimate of drug-likeness (QED) is 0.458. The van der Waals surface area contributed by atoms with Crippen LogP contribution >= 0.6 is 0 Å². The summed E-state index contributed by atoms with van der Waals surface area (Å²) in [5, 5.41) is 37.8. The van der Waals surface area contributed by atoms with Crippen LogP contribution in [0.4, 0.5) is 0 Å². The lowest BCUT2D eigenvalue weighted by Crippen LogP contribution is -2.59. The minimum absolute atomic E-state index is 0.419. The van der Waals surface area contributed by atoms with Gasteiger partial charge in [-0.2, -0.15) is 0 Å². The molecule has 1 aliphatic rings. The first-order valence-electron chi connectivity index (χ1n) is 6.54. The van der Waals surface area contributed by atoms with Crippen molar-refractivity contribution in [3.8, 4) is 0 Å². The van der Waals surface area contributed by atoms with Gasteiger partial charge in [0.1, 0.15) is 24.4 Å². The van der Waals surface area contributed by atoms with Crippen molar-refractivity contribution in [3.05, 3.63) is 0 Å². The van der Waals surface area contributed by atoms with E-state index in [0.29, 0.717) is 6.61 Å². The average Bonchev–Trinajstić information content (AvgIpc) is 2.38. The molecule has 6 nitrogen and oxygen atoms in total. The van der Waals surface area contributed by atoms with Crippen molar-refractivity contribution in [1.82, 2.24) is 0 Å². The topological polar surface area (TPSA) is 99.4 Å². The summed E-state index contributed by atoms with van der Waals surface area (Å²) in [4.78, 5) is 0. The molecule has 6 heteroatoms. The lowest BCUT2D eigenvalue weighted by Gasteiger charge is -2.39. The summed E-state index contributed by atoms with van der Waals surface area (Å²) in [6.07, 6.45) is -1.75. The summed E-state index contributed by atoms with van der Waals surface area (Å²) in [5.41, 5.74) is 0. The molecule has 1 rings (SSSR count). The number of unbranched alkanes of at least 4 members (excludes halogenated alkanes) is 3. The molecular weight excluding hydrogens is 240 g/mol. The molecule has 0 aliphatic carbocycles. The molecule has 0 aromatic carbocycles. The van der Waals surface area contributed by atoms with Crippen molar-refractivity contribution in [2.24, 2.45) is 0 Å². The minimum atomic E-state index is -1.36. The number of rotatable bonds is 7. The van der Waals surface area contributed by atoms with Crippen LogP contribution in [-0.2, 0) is 9.47 Å². The highest BCUT2D eigenvalue weighted by atomic mass is 16.7. The second kappa shape index (κ2) is 8.04. The third-order valence-electron chi connectivity index (χ3n) is 3.13. The second-order valence-electron chi connectivity index (χ2n) is 4.63. The normalized spacial score (nSPS) is 36.8. The van der Waals surface area contributed by atoms with Crippen LogP contribution in [0.25, 0.3) is 0 Å². The van der Waals surface area contributed by atoms with Crippen LogP contribution in [0.5, 0.6) is 0 Å². The van der Waals surface area contributed by atoms with Crippen LogP contribution in [0.1, 0.15) is 32.6 Å². The maximum absolute atomic E-state index is 9.68. The van der Waals surface area contributed by atoms with Gasteiger partial charge in [-0.05, 0) is 6.42 Å². The van der Waals surface area contributed by atoms with Crippen LogP contribution in [-0.4, -0.2) is 64.3 Å². The Kier molecular flexibility index (Phi) is 7.06. The molecule has 1 saturated heterocycles. The van der Waals surface area contributed by atoms with Crippen molar-refractivity contribution in [3.63, 3.8) is 0 Å². The van der Waals surface area contributed by atoms with Crippen LogP contribution in [0.15, 0.2) is 0 Å². The van der Waals surface area contributed by atoms with Crippen LogP contribution in [0, 0.1) is 0 Å². The highest BCUT2D eigenvalue weighted by Crippen LogP contribution is 2.22. The van der Waals surface area contributed by atoms with Gasteiger partial charge in [0.05, 0.1) is 6.61 Å². The summed E-state index contributed by atoms with van der Waals surface area (Å²) < 4.78 is 10.5. The average molecular weight is 264 g/mol. The smallest absolute Gasteiger partial charge is 0.186 e. The molecule has 0 aromatic rings. The molecule has 1 aliphatic heterocycles. The molecule has 1 fully saturated rings. The van der Waals surface area contributed by atoms with Crippen LogP contribution in [0.2, 0.25) is 0 Å². The Labute approximate surface area is 107 Å². The van der Waals surface area contributed by atoms with Crippen molar-refractivity contribution < 1.29 is 29.9 Å².